The zero-order valence-electron chi connectivity index (χ0n) is 12.2. The maximum Gasteiger partial charge on any atom is 0.213 e. The van der Waals surface area contributed by atoms with Crippen LogP contribution in [0.25, 0.3) is 0 Å². The van der Waals surface area contributed by atoms with Crippen molar-refractivity contribution in [1.29, 1.82) is 0 Å². The number of rotatable bonds is 5. The van der Waals surface area contributed by atoms with Gasteiger partial charge in [0, 0.05) is 12.3 Å². The molecule has 0 saturated carbocycles. The van der Waals surface area contributed by atoms with Gasteiger partial charge in [-0.3, -0.25) is 4.68 Å². The van der Waals surface area contributed by atoms with Crippen molar-refractivity contribution in [3.63, 3.8) is 0 Å². The highest BCUT2D eigenvalue weighted by Gasteiger charge is 2.09. The fourth-order valence-corrected chi connectivity index (χ4v) is 2.18. The van der Waals surface area contributed by atoms with Crippen LogP contribution < -0.4 is 5.32 Å². The van der Waals surface area contributed by atoms with Crippen molar-refractivity contribution in [3.8, 4) is 0 Å². The van der Waals surface area contributed by atoms with Crippen LogP contribution in [0.2, 0.25) is 0 Å². The molecule has 0 aliphatic rings. The number of hydrogen-bond acceptors (Lipinski definition) is 4. The number of nitrogens with zero attached hydrogens (tertiary/aromatic N) is 3. The van der Waals surface area contributed by atoms with Crippen LogP contribution in [0.5, 0.6) is 0 Å². The molecule has 0 spiro atoms. The molecule has 1 unspecified atom stereocenters. The van der Waals surface area contributed by atoms with Crippen molar-refractivity contribution in [2.45, 2.75) is 26.4 Å². The Hall–Kier alpha value is -2.56. The first kappa shape index (κ1) is 13.4. The van der Waals surface area contributed by atoms with E-state index in [-0.39, 0.29) is 6.04 Å². The maximum atomic E-state index is 5.42. The Morgan fingerprint density at radius 2 is 2.05 bits per heavy atom. The number of anilines is 1. The van der Waals surface area contributed by atoms with Crippen molar-refractivity contribution in [2.24, 2.45) is 0 Å². The van der Waals surface area contributed by atoms with E-state index in [1.807, 2.05) is 42.1 Å². The first-order chi connectivity index (χ1) is 10.2. The zero-order chi connectivity index (χ0) is 14.7. The summed E-state index contributed by atoms with van der Waals surface area (Å²) in [5, 5.41) is 7.76. The fraction of sp³-hybridized carbons (Fsp3) is 0.250. The average Bonchev–Trinajstić information content (AvgIpc) is 3.14. The largest absolute Gasteiger partial charge is 0.444 e. The summed E-state index contributed by atoms with van der Waals surface area (Å²) in [6, 6.07) is 12.5. The Labute approximate surface area is 123 Å². The third-order valence-corrected chi connectivity index (χ3v) is 3.38. The average molecular weight is 282 g/mol. The SMILES string of the molecule is Cc1cnc(CNc2ccn(C(C)c3ccccc3)n2)o1. The molecule has 0 aliphatic heterocycles. The summed E-state index contributed by atoms with van der Waals surface area (Å²) >= 11 is 0. The molecule has 0 aliphatic carbocycles. The van der Waals surface area contributed by atoms with Crippen LogP contribution in [-0.2, 0) is 6.54 Å². The van der Waals surface area contributed by atoms with Crippen LogP contribution in [0.3, 0.4) is 0 Å². The smallest absolute Gasteiger partial charge is 0.213 e. The van der Waals surface area contributed by atoms with E-state index in [2.05, 4.69) is 34.5 Å². The van der Waals surface area contributed by atoms with Crippen LogP contribution in [-0.4, -0.2) is 14.8 Å². The molecular weight excluding hydrogens is 264 g/mol. The molecule has 0 fully saturated rings. The predicted molar refractivity (Wildman–Crippen MR) is 81.0 cm³/mol. The van der Waals surface area contributed by atoms with Crippen LogP contribution in [0.1, 0.15) is 30.2 Å². The predicted octanol–water partition coefficient (Wildman–Crippen LogP) is 3.40. The second-order valence-electron chi connectivity index (χ2n) is 4.99. The van der Waals surface area contributed by atoms with Gasteiger partial charge in [0.25, 0.3) is 0 Å². The van der Waals surface area contributed by atoms with E-state index in [1.54, 1.807) is 6.20 Å². The number of aromatic nitrogens is 3. The minimum atomic E-state index is 0.200. The standard InChI is InChI=1S/C16H18N4O/c1-12-10-18-16(21-12)11-17-15-8-9-20(19-15)13(2)14-6-4-3-5-7-14/h3-10,13H,11H2,1-2H3,(H,17,19). The van der Waals surface area contributed by atoms with Gasteiger partial charge in [0.05, 0.1) is 18.8 Å². The molecule has 2 heterocycles. The normalized spacial score (nSPS) is 12.3. The summed E-state index contributed by atoms with van der Waals surface area (Å²) in [5.41, 5.74) is 1.23. The van der Waals surface area contributed by atoms with Gasteiger partial charge in [-0.15, -0.1) is 0 Å². The lowest BCUT2D eigenvalue weighted by atomic mass is 10.1. The van der Waals surface area contributed by atoms with Gasteiger partial charge in [0.1, 0.15) is 11.6 Å². The number of hydrogen-bond donors (Lipinski definition) is 1. The van der Waals surface area contributed by atoms with Gasteiger partial charge in [-0.2, -0.15) is 5.10 Å². The molecular formula is C16H18N4O. The van der Waals surface area contributed by atoms with Crippen LogP contribution in [0.4, 0.5) is 5.82 Å². The molecule has 5 heteroatoms. The molecule has 0 bridgehead atoms. The summed E-state index contributed by atoms with van der Waals surface area (Å²) in [7, 11) is 0. The molecule has 1 atom stereocenters. The Balaban J connectivity index is 1.66. The minimum absolute atomic E-state index is 0.200. The van der Waals surface area contributed by atoms with E-state index in [0.29, 0.717) is 12.4 Å². The van der Waals surface area contributed by atoms with Crippen LogP contribution >= 0.6 is 0 Å². The summed E-state index contributed by atoms with van der Waals surface area (Å²) < 4.78 is 7.36. The third-order valence-electron chi connectivity index (χ3n) is 3.38. The first-order valence-corrected chi connectivity index (χ1v) is 6.97. The van der Waals surface area contributed by atoms with Gasteiger partial charge in [-0.1, -0.05) is 30.3 Å². The van der Waals surface area contributed by atoms with E-state index in [1.165, 1.54) is 5.56 Å². The number of aryl methyl sites for hydroxylation is 1. The Morgan fingerprint density at radius 3 is 2.76 bits per heavy atom. The highest BCUT2D eigenvalue weighted by molar-refractivity contribution is 5.33. The minimum Gasteiger partial charge on any atom is -0.444 e. The molecule has 108 valence electrons. The molecule has 0 saturated heterocycles. The van der Waals surface area contributed by atoms with E-state index >= 15 is 0 Å². The lowest BCUT2D eigenvalue weighted by Crippen LogP contribution is -2.08. The first-order valence-electron chi connectivity index (χ1n) is 6.97. The quantitative estimate of drug-likeness (QED) is 0.779. The van der Waals surface area contributed by atoms with E-state index in [0.717, 1.165) is 11.6 Å². The van der Waals surface area contributed by atoms with Crippen molar-refractivity contribution < 1.29 is 4.42 Å². The maximum absolute atomic E-state index is 5.42. The second kappa shape index (κ2) is 5.83. The number of oxazole rings is 1. The molecule has 3 rings (SSSR count). The van der Waals surface area contributed by atoms with E-state index in [9.17, 15) is 0 Å². The van der Waals surface area contributed by atoms with Crippen LogP contribution in [0, 0.1) is 6.92 Å². The molecule has 1 N–H and O–H groups in total. The van der Waals surface area contributed by atoms with E-state index < -0.39 is 0 Å². The lowest BCUT2D eigenvalue weighted by molar-refractivity contribution is 0.478. The van der Waals surface area contributed by atoms with Crippen molar-refractivity contribution in [2.75, 3.05) is 5.32 Å². The Kier molecular flexibility index (Phi) is 3.73. The van der Waals surface area contributed by atoms with Gasteiger partial charge < -0.3 is 9.73 Å². The van der Waals surface area contributed by atoms with Gasteiger partial charge in [-0.25, -0.2) is 4.98 Å². The lowest BCUT2D eigenvalue weighted by Gasteiger charge is -2.12. The van der Waals surface area contributed by atoms with E-state index in [4.69, 9.17) is 4.42 Å². The second-order valence-corrected chi connectivity index (χ2v) is 4.99. The molecule has 0 radical (unpaired) electrons. The van der Waals surface area contributed by atoms with Gasteiger partial charge in [0.2, 0.25) is 5.89 Å². The Morgan fingerprint density at radius 1 is 1.24 bits per heavy atom. The molecule has 0 amide bonds. The van der Waals surface area contributed by atoms with Gasteiger partial charge >= 0.3 is 0 Å². The zero-order valence-corrected chi connectivity index (χ0v) is 12.2. The topological polar surface area (TPSA) is 55.9 Å². The molecule has 5 nitrogen and oxygen atoms in total. The van der Waals surface area contributed by atoms with Crippen molar-refractivity contribution >= 4 is 5.82 Å². The number of benzene rings is 1. The molecule has 21 heavy (non-hydrogen) atoms. The van der Waals surface area contributed by atoms with Gasteiger partial charge in [0.15, 0.2) is 0 Å². The van der Waals surface area contributed by atoms with Crippen molar-refractivity contribution in [1.82, 2.24) is 14.8 Å². The highest BCUT2D eigenvalue weighted by atomic mass is 16.4. The number of nitrogens with one attached hydrogen (secondary N) is 1. The fourth-order valence-electron chi connectivity index (χ4n) is 2.18. The summed E-state index contributed by atoms with van der Waals surface area (Å²) in [6.07, 6.45) is 3.69. The highest BCUT2D eigenvalue weighted by Crippen LogP contribution is 2.18. The third kappa shape index (κ3) is 3.13. The van der Waals surface area contributed by atoms with Gasteiger partial charge in [-0.05, 0) is 19.4 Å². The summed E-state index contributed by atoms with van der Waals surface area (Å²) in [6.45, 7) is 4.54. The molecule has 3 aromatic rings. The molecule has 1 aromatic carbocycles. The Bertz CT molecular complexity index is 702. The summed E-state index contributed by atoms with van der Waals surface area (Å²) in [4.78, 5) is 4.16. The molecule has 2 aromatic heterocycles. The monoisotopic (exact) mass is 282 g/mol. The van der Waals surface area contributed by atoms with Crippen LogP contribution in [0.15, 0.2) is 53.2 Å². The summed E-state index contributed by atoms with van der Waals surface area (Å²) in [5.74, 6) is 2.29. The van der Waals surface area contributed by atoms with Crippen molar-refractivity contribution in [3.05, 3.63) is 66.0 Å².